The number of rotatable bonds is 6. The molecule has 0 aromatic heterocycles. The van der Waals surface area contributed by atoms with Crippen molar-refractivity contribution in [3.8, 4) is 0 Å². The molecule has 18 heavy (non-hydrogen) atoms. The molecule has 0 bridgehead atoms. The number of hydrogen-bond acceptors (Lipinski definition) is 3. The van der Waals surface area contributed by atoms with Crippen molar-refractivity contribution in [1.29, 1.82) is 0 Å². The van der Waals surface area contributed by atoms with E-state index in [1.54, 1.807) is 0 Å². The predicted octanol–water partition coefficient (Wildman–Crippen LogP) is 2.60. The zero-order chi connectivity index (χ0) is 12.8. The van der Waals surface area contributed by atoms with E-state index in [2.05, 4.69) is 19.2 Å². The van der Waals surface area contributed by atoms with Gasteiger partial charge in [0.15, 0.2) is 0 Å². The highest BCUT2D eigenvalue weighted by atomic mass is 16.5. The van der Waals surface area contributed by atoms with Crippen LogP contribution >= 0.6 is 0 Å². The zero-order valence-corrected chi connectivity index (χ0v) is 12.0. The van der Waals surface area contributed by atoms with Gasteiger partial charge in [0.1, 0.15) is 0 Å². The molecule has 1 saturated carbocycles. The van der Waals surface area contributed by atoms with Crippen molar-refractivity contribution >= 4 is 0 Å². The fourth-order valence-electron chi connectivity index (χ4n) is 3.32. The number of likely N-dealkylation sites (N-methyl/N-ethyl adjacent to an activating group) is 1. The van der Waals surface area contributed by atoms with Gasteiger partial charge in [-0.05, 0) is 31.7 Å². The summed E-state index contributed by atoms with van der Waals surface area (Å²) in [5.41, 5.74) is 0.0935. The number of hydrogen-bond donors (Lipinski definition) is 1. The van der Waals surface area contributed by atoms with E-state index in [1.165, 1.54) is 32.1 Å². The lowest BCUT2D eigenvalue weighted by atomic mass is 9.78. The van der Waals surface area contributed by atoms with Crippen LogP contribution in [0.1, 0.15) is 46.0 Å². The first-order valence-electron chi connectivity index (χ1n) is 7.66. The van der Waals surface area contributed by atoms with Crippen molar-refractivity contribution in [2.75, 3.05) is 32.9 Å². The summed E-state index contributed by atoms with van der Waals surface area (Å²) in [5, 5.41) is 3.50. The highest BCUT2D eigenvalue weighted by Crippen LogP contribution is 2.35. The molecule has 2 fully saturated rings. The third kappa shape index (κ3) is 3.94. The van der Waals surface area contributed by atoms with E-state index >= 15 is 0 Å². The Morgan fingerprint density at radius 1 is 1.39 bits per heavy atom. The Morgan fingerprint density at radius 3 is 2.94 bits per heavy atom. The quantitative estimate of drug-likeness (QED) is 0.791. The lowest BCUT2D eigenvalue weighted by molar-refractivity contribution is -0.0913. The summed E-state index contributed by atoms with van der Waals surface area (Å²) in [7, 11) is 0. The molecule has 0 aromatic carbocycles. The lowest BCUT2D eigenvalue weighted by Gasteiger charge is -2.40. The van der Waals surface area contributed by atoms with Crippen molar-refractivity contribution < 1.29 is 9.47 Å². The van der Waals surface area contributed by atoms with E-state index in [9.17, 15) is 0 Å². The maximum absolute atomic E-state index is 6.38. The molecule has 3 unspecified atom stereocenters. The Hall–Kier alpha value is -0.120. The third-order valence-electron chi connectivity index (χ3n) is 4.40. The maximum Gasteiger partial charge on any atom is 0.0808 e. The van der Waals surface area contributed by atoms with Crippen LogP contribution in [0.4, 0.5) is 0 Å². The average Bonchev–Trinajstić information content (AvgIpc) is 2.87. The largest absolute Gasteiger partial charge is 0.381 e. The molecule has 3 nitrogen and oxygen atoms in total. The summed E-state index contributed by atoms with van der Waals surface area (Å²) in [5.74, 6) is 1.43. The molecule has 1 N–H and O–H groups in total. The van der Waals surface area contributed by atoms with Gasteiger partial charge < -0.3 is 14.8 Å². The fourth-order valence-corrected chi connectivity index (χ4v) is 3.32. The van der Waals surface area contributed by atoms with E-state index in [-0.39, 0.29) is 5.60 Å². The smallest absolute Gasteiger partial charge is 0.0808 e. The topological polar surface area (TPSA) is 30.5 Å². The van der Waals surface area contributed by atoms with Crippen LogP contribution < -0.4 is 5.32 Å². The highest BCUT2D eigenvalue weighted by Gasteiger charge is 2.36. The van der Waals surface area contributed by atoms with E-state index < -0.39 is 0 Å². The molecule has 1 aliphatic carbocycles. The molecule has 0 aromatic rings. The fraction of sp³-hybridized carbons (Fsp3) is 1.00. The molecule has 2 rings (SSSR count). The van der Waals surface area contributed by atoms with E-state index in [0.29, 0.717) is 5.92 Å². The molecule has 1 aliphatic heterocycles. The Morgan fingerprint density at radius 2 is 2.28 bits per heavy atom. The van der Waals surface area contributed by atoms with Crippen LogP contribution in [-0.4, -0.2) is 38.5 Å². The van der Waals surface area contributed by atoms with Crippen LogP contribution in [0.15, 0.2) is 0 Å². The van der Waals surface area contributed by atoms with Crippen LogP contribution in [0, 0.1) is 11.8 Å². The van der Waals surface area contributed by atoms with Crippen LogP contribution in [-0.2, 0) is 9.47 Å². The molecule has 1 heterocycles. The van der Waals surface area contributed by atoms with E-state index in [4.69, 9.17) is 9.47 Å². The summed E-state index contributed by atoms with van der Waals surface area (Å²) in [6, 6.07) is 0. The van der Waals surface area contributed by atoms with Gasteiger partial charge in [0.2, 0.25) is 0 Å². The van der Waals surface area contributed by atoms with Gasteiger partial charge in [-0.1, -0.05) is 26.7 Å². The van der Waals surface area contributed by atoms with Gasteiger partial charge in [-0.15, -0.1) is 0 Å². The molecule has 0 amide bonds. The molecule has 1 saturated heterocycles. The molecule has 106 valence electrons. The van der Waals surface area contributed by atoms with Gasteiger partial charge >= 0.3 is 0 Å². The van der Waals surface area contributed by atoms with Crippen molar-refractivity contribution in [2.24, 2.45) is 11.8 Å². The summed E-state index contributed by atoms with van der Waals surface area (Å²) in [6.45, 7) is 9.29. The van der Waals surface area contributed by atoms with E-state index in [0.717, 1.165) is 38.8 Å². The van der Waals surface area contributed by atoms with Gasteiger partial charge in [-0.3, -0.25) is 0 Å². The Kier molecular flexibility index (Phi) is 5.46. The second-order valence-corrected chi connectivity index (χ2v) is 6.21. The normalized spacial score (nSPS) is 37.0. The zero-order valence-electron chi connectivity index (χ0n) is 12.0. The minimum atomic E-state index is 0.0935. The molecule has 0 spiro atoms. The van der Waals surface area contributed by atoms with Crippen molar-refractivity contribution in [3.63, 3.8) is 0 Å². The first-order valence-corrected chi connectivity index (χ1v) is 7.66. The van der Waals surface area contributed by atoms with E-state index in [1.807, 2.05) is 0 Å². The Balaban J connectivity index is 1.86. The first kappa shape index (κ1) is 14.3. The minimum absolute atomic E-state index is 0.0935. The van der Waals surface area contributed by atoms with Crippen LogP contribution in [0.3, 0.4) is 0 Å². The van der Waals surface area contributed by atoms with Crippen molar-refractivity contribution in [3.05, 3.63) is 0 Å². The molecule has 3 atom stereocenters. The van der Waals surface area contributed by atoms with Gasteiger partial charge in [0.25, 0.3) is 0 Å². The first-order chi connectivity index (χ1) is 8.74. The van der Waals surface area contributed by atoms with Gasteiger partial charge in [0, 0.05) is 19.1 Å². The molecule has 0 radical (unpaired) electrons. The Bertz CT molecular complexity index is 241. The highest BCUT2D eigenvalue weighted by molar-refractivity contribution is 4.89. The van der Waals surface area contributed by atoms with Gasteiger partial charge in [-0.2, -0.15) is 0 Å². The monoisotopic (exact) mass is 255 g/mol. The summed E-state index contributed by atoms with van der Waals surface area (Å²) in [6.07, 6.45) is 6.29. The summed E-state index contributed by atoms with van der Waals surface area (Å²) in [4.78, 5) is 0. The lowest BCUT2D eigenvalue weighted by Crippen LogP contribution is -2.47. The molecular formula is C15H29NO2. The average molecular weight is 255 g/mol. The third-order valence-corrected chi connectivity index (χ3v) is 4.40. The second kappa shape index (κ2) is 6.88. The SMILES string of the molecule is CCNCC1(OCC2CCOC2)CCCC(C)C1. The Labute approximate surface area is 112 Å². The molecule has 3 heteroatoms. The summed E-state index contributed by atoms with van der Waals surface area (Å²) < 4.78 is 11.8. The van der Waals surface area contributed by atoms with Crippen molar-refractivity contribution in [2.45, 2.75) is 51.6 Å². The second-order valence-electron chi connectivity index (χ2n) is 6.21. The van der Waals surface area contributed by atoms with Gasteiger partial charge in [-0.25, -0.2) is 0 Å². The minimum Gasteiger partial charge on any atom is -0.381 e. The maximum atomic E-state index is 6.38. The molecular weight excluding hydrogens is 226 g/mol. The van der Waals surface area contributed by atoms with Crippen LogP contribution in [0.25, 0.3) is 0 Å². The number of ether oxygens (including phenoxy) is 2. The van der Waals surface area contributed by atoms with Crippen LogP contribution in [0.5, 0.6) is 0 Å². The standard InChI is InChI=1S/C15H29NO2/c1-3-16-12-15(7-4-5-13(2)9-15)18-11-14-6-8-17-10-14/h13-14,16H,3-12H2,1-2H3. The van der Waals surface area contributed by atoms with Crippen molar-refractivity contribution in [1.82, 2.24) is 5.32 Å². The summed E-state index contributed by atoms with van der Waals surface area (Å²) >= 11 is 0. The predicted molar refractivity (Wildman–Crippen MR) is 73.8 cm³/mol. The number of nitrogens with one attached hydrogen (secondary N) is 1. The van der Waals surface area contributed by atoms with Crippen LogP contribution in [0.2, 0.25) is 0 Å². The van der Waals surface area contributed by atoms with Gasteiger partial charge in [0.05, 0.1) is 18.8 Å². The molecule has 2 aliphatic rings.